The molecular formula is C11H15N3O. The zero-order valence-electron chi connectivity index (χ0n) is 8.89. The first-order valence-corrected chi connectivity index (χ1v) is 4.90. The van der Waals surface area contributed by atoms with Gasteiger partial charge in [-0.3, -0.25) is 0 Å². The van der Waals surface area contributed by atoms with Crippen LogP contribution in [0.4, 0.5) is 5.82 Å². The molecule has 0 fully saturated rings. The Bertz CT molecular complexity index is 307. The van der Waals surface area contributed by atoms with Crippen LogP contribution in [0.1, 0.15) is 6.42 Å². The summed E-state index contributed by atoms with van der Waals surface area (Å²) >= 11 is 0. The molecule has 0 atom stereocenters. The Balaban J connectivity index is 2.59. The fourth-order valence-corrected chi connectivity index (χ4v) is 1.27. The lowest BCUT2D eigenvalue weighted by Gasteiger charge is -2.21. The standard InChI is InChI=1S/C11H15N3O/c1-15-10-9-14(8-4-6-12)11-5-2-3-7-13-11/h2-3,5,7H,4,8-10H2,1H3. The number of methoxy groups -OCH3 is 1. The van der Waals surface area contributed by atoms with E-state index in [9.17, 15) is 0 Å². The molecule has 0 aliphatic heterocycles. The minimum absolute atomic E-state index is 0.500. The van der Waals surface area contributed by atoms with E-state index in [1.807, 2.05) is 23.1 Å². The van der Waals surface area contributed by atoms with Gasteiger partial charge in [-0.2, -0.15) is 5.26 Å². The summed E-state index contributed by atoms with van der Waals surface area (Å²) in [6.45, 7) is 2.09. The normalized spacial score (nSPS) is 9.60. The minimum Gasteiger partial charge on any atom is -0.383 e. The van der Waals surface area contributed by atoms with E-state index in [1.54, 1.807) is 13.3 Å². The van der Waals surface area contributed by atoms with Crippen LogP contribution < -0.4 is 4.90 Å². The van der Waals surface area contributed by atoms with Crippen molar-refractivity contribution in [2.75, 3.05) is 31.7 Å². The third-order valence-electron chi connectivity index (χ3n) is 2.03. The molecule has 4 nitrogen and oxygen atoms in total. The Morgan fingerprint density at radius 3 is 2.93 bits per heavy atom. The molecule has 1 aromatic heterocycles. The lowest BCUT2D eigenvalue weighted by molar-refractivity contribution is 0.205. The predicted molar refractivity (Wildman–Crippen MR) is 58.6 cm³/mol. The molecule has 0 bridgehead atoms. The summed E-state index contributed by atoms with van der Waals surface area (Å²) in [6.07, 6.45) is 2.25. The summed E-state index contributed by atoms with van der Waals surface area (Å²) in [4.78, 5) is 6.29. The molecule has 0 aliphatic carbocycles. The van der Waals surface area contributed by atoms with Gasteiger partial charge >= 0.3 is 0 Å². The summed E-state index contributed by atoms with van der Waals surface area (Å²) in [5, 5.41) is 8.56. The number of ether oxygens (including phenoxy) is 1. The summed E-state index contributed by atoms with van der Waals surface area (Å²) in [6, 6.07) is 7.89. The van der Waals surface area contributed by atoms with E-state index in [2.05, 4.69) is 11.1 Å². The molecule has 1 heterocycles. The van der Waals surface area contributed by atoms with Gasteiger partial charge in [0.15, 0.2) is 0 Å². The second-order valence-corrected chi connectivity index (χ2v) is 3.08. The topological polar surface area (TPSA) is 49.1 Å². The lowest BCUT2D eigenvalue weighted by Crippen LogP contribution is -2.28. The van der Waals surface area contributed by atoms with Gasteiger partial charge in [0, 0.05) is 26.4 Å². The van der Waals surface area contributed by atoms with E-state index in [1.165, 1.54) is 0 Å². The quantitative estimate of drug-likeness (QED) is 0.705. The summed E-state index contributed by atoms with van der Waals surface area (Å²) < 4.78 is 5.02. The van der Waals surface area contributed by atoms with Crippen LogP contribution in [0.5, 0.6) is 0 Å². The van der Waals surface area contributed by atoms with E-state index in [4.69, 9.17) is 10.00 Å². The van der Waals surface area contributed by atoms with Crippen LogP contribution in [0.2, 0.25) is 0 Å². The van der Waals surface area contributed by atoms with Crippen molar-refractivity contribution in [1.82, 2.24) is 4.98 Å². The highest BCUT2D eigenvalue weighted by molar-refractivity contribution is 5.37. The number of rotatable bonds is 6. The smallest absolute Gasteiger partial charge is 0.128 e. The van der Waals surface area contributed by atoms with Crippen molar-refractivity contribution < 1.29 is 4.74 Å². The molecule has 1 rings (SSSR count). The third kappa shape index (κ3) is 3.96. The molecule has 0 saturated heterocycles. The van der Waals surface area contributed by atoms with Gasteiger partial charge in [-0.15, -0.1) is 0 Å². The first-order chi connectivity index (χ1) is 7.38. The molecule has 0 aromatic carbocycles. The second-order valence-electron chi connectivity index (χ2n) is 3.08. The molecule has 0 amide bonds. The average molecular weight is 205 g/mol. The zero-order chi connectivity index (χ0) is 10.9. The molecule has 0 unspecified atom stereocenters. The molecular weight excluding hydrogens is 190 g/mol. The van der Waals surface area contributed by atoms with Crippen LogP contribution in [0.15, 0.2) is 24.4 Å². The van der Waals surface area contributed by atoms with Gasteiger partial charge in [0.1, 0.15) is 5.82 Å². The van der Waals surface area contributed by atoms with Gasteiger partial charge in [0.2, 0.25) is 0 Å². The van der Waals surface area contributed by atoms with E-state index >= 15 is 0 Å². The number of aromatic nitrogens is 1. The van der Waals surface area contributed by atoms with Gasteiger partial charge in [0.05, 0.1) is 19.1 Å². The summed E-state index contributed by atoms with van der Waals surface area (Å²) in [5.74, 6) is 0.893. The minimum atomic E-state index is 0.500. The first kappa shape index (κ1) is 11.5. The number of nitriles is 1. The van der Waals surface area contributed by atoms with Crippen molar-refractivity contribution in [3.05, 3.63) is 24.4 Å². The third-order valence-corrected chi connectivity index (χ3v) is 2.03. The number of hydrogen-bond acceptors (Lipinski definition) is 4. The monoisotopic (exact) mass is 205 g/mol. The van der Waals surface area contributed by atoms with Crippen LogP contribution in [0.25, 0.3) is 0 Å². The van der Waals surface area contributed by atoms with Crippen molar-refractivity contribution in [3.63, 3.8) is 0 Å². The van der Waals surface area contributed by atoms with Crippen molar-refractivity contribution in [3.8, 4) is 6.07 Å². The largest absolute Gasteiger partial charge is 0.383 e. The predicted octanol–water partition coefficient (Wildman–Crippen LogP) is 1.45. The molecule has 4 heteroatoms. The number of nitrogens with zero attached hydrogens (tertiary/aromatic N) is 3. The van der Waals surface area contributed by atoms with E-state index < -0.39 is 0 Å². The van der Waals surface area contributed by atoms with E-state index in [0.717, 1.165) is 12.4 Å². The zero-order valence-corrected chi connectivity index (χ0v) is 8.89. The molecule has 0 aliphatic rings. The Morgan fingerprint density at radius 1 is 1.47 bits per heavy atom. The first-order valence-electron chi connectivity index (χ1n) is 4.90. The molecule has 0 radical (unpaired) electrons. The van der Waals surface area contributed by atoms with Crippen molar-refractivity contribution in [1.29, 1.82) is 5.26 Å². The van der Waals surface area contributed by atoms with Crippen molar-refractivity contribution in [2.24, 2.45) is 0 Å². The van der Waals surface area contributed by atoms with E-state index in [0.29, 0.717) is 19.6 Å². The second kappa shape index (κ2) is 6.80. The van der Waals surface area contributed by atoms with Gasteiger partial charge in [-0.25, -0.2) is 4.98 Å². The van der Waals surface area contributed by atoms with Gasteiger partial charge in [-0.1, -0.05) is 6.07 Å². The van der Waals surface area contributed by atoms with Gasteiger partial charge in [0.25, 0.3) is 0 Å². The molecule has 0 saturated carbocycles. The highest BCUT2D eigenvalue weighted by atomic mass is 16.5. The Kier molecular flexibility index (Phi) is 5.20. The Labute approximate surface area is 90.1 Å². The van der Waals surface area contributed by atoms with Crippen LogP contribution in [-0.2, 0) is 4.74 Å². The fourth-order valence-electron chi connectivity index (χ4n) is 1.27. The van der Waals surface area contributed by atoms with Crippen LogP contribution >= 0.6 is 0 Å². The highest BCUT2D eigenvalue weighted by Crippen LogP contribution is 2.08. The molecule has 80 valence electrons. The maximum absolute atomic E-state index is 8.56. The molecule has 0 N–H and O–H groups in total. The summed E-state index contributed by atoms with van der Waals surface area (Å²) in [7, 11) is 1.67. The molecule has 15 heavy (non-hydrogen) atoms. The molecule has 0 spiro atoms. The Hall–Kier alpha value is -1.60. The average Bonchev–Trinajstić information content (AvgIpc) is 2.30. The maximum Gasteiger partial charge on any atom is 0.128 e. The number of hydrogen-bond donors (Lipinski definition) is 0. The summed E-state index contributed by atoms with van der Waals surface area (Å²) in [5.41, 5.74) is 0. The highest BCUT2D eigenvalue weighted by Gasteiger charge is 2.05. The van der Waals surface area contributed by atoms with Gasteiger partial charge in [-0.05, 0) is 12.1 Å². The maximum atomic E-state index is 8.56. The van der Waals surface area contributed by atoms with Crippen molar-refractivity contribution in [2.45, 2.75) is 6.42 Å². The van der Waals surface area contributed by atoms with Crippen LogP contribution in [-0.4, -0.2) is 31.8 Å². The van der Waals surface area contributed by atoms with Crippen molar-refractivity contribution >= 4 is 5.82 Å². The Morgan fingerprint density at radius 2 is 2.33 bits per heavy atom. The van der Waals surface area contributed by atoms with E-state index in [-0.39, 0.29) is 0 Å². The van der Waals surface area contributed by atoms with Gasteiger partial charge < -0.3 is 9.64 Å². The number of pyridine rings is 1. The SMILES string of the molecule is COCCN(CCC#N)c1ccccn1. The number of anilines is 1. The fraction of sp³-hybridized carbons (Fsp3) is 0.455. The van der Waals surface area contributed by atoms with Crippen LogP contribution in [0.3, 0.4) is 0 Å². The molecule has 1 aromatic rings. The van der Waals surface area contributed by atoms with Crippen LogP contribution in [0, 0.1) is 11.3 Å². The lowest BCUT2D eigenvalue weighted by atomic mass is 10.3.